The summed E-state index contributed by atoms with van der Waals surface area (Å²) >= 11 is 6.33. The van der Waals surface area contributed by atoms with Crippen LogP contribution >= 0.6 is 11.6 Å². The molecule has 0 aliphatic heterocycles. The van der Waals surface area contributed by atoms with Crippen molar-refractivity contribution in [2.24, 2.45) is 5.92 Å². The second-order valence-corrected chi connectivity index (χ2v) is 8.22. The van der Waals surface area contributed by atoms with E-state index in [0.717, 1.165) is 23.0 Å². The largest absolute Gasteiger partial charge is 0.491 e. The molecule has 0 spiro atoms. The molecule has 1 N–H and O–H groups in total. The molecule has 4 rings (SSSR count). The van der Waals surface area contributed by atoms with Crippen LogP contribution in [0.1, 0.15) is 40.2 Å². The van der Waals surface area contributed by atoms with Crippen LogP contribution in [0.25, 0.3) is 5.57 Å². The minimum absolute atomic E-state index is 0.0892. The average molecular weight is 451 g/mol. The van der Waals surface area contributed by atoms with Crippen molar-refractivity contribution in [1.29, 1.82) is 0 Å². The van der Waals surface area contributed by atoms with Crippen LogP contribution in [0, 0.1) is 12.8 Å². The molecule has 7 heteroatoms. The van der Waals surface area contributed by atoms with Crippen LogP contribution in [0.5, 0.6) is 5.75 Å². The highest BCUT2D eigenvalue weighted by molar-refractivity contribution is 6.32. The van der Waals surface area contributed by atoms with Crippen LogP contribution in [0.4, 0.5) is 0 Å². The Labute approximate surface area is 191 Å². The molecule has 2 unspecified atom stereocenters. The molecule has 1 aliphatic carbocycles. The summed E-state index contributed by atoms with van der Waals surface area (Å²) in [5, 5.41) is 18.0. The Bertz CT molecular complexity index is 1200. The number of carbonyl (C=O) groups is 1. The summed E-state index contributed by atoms with van der Waals surface area (Å²) in [4.78, 5) is 11.0. The summed E-state index contributed by atoms with van der Waals surface area (Å²) in [7, 11) is 0. The zero-order chi connectivity index (χ0) is 22.7. The van der Waals surface area contributed by atoms with Gasteiger partial charge in [0.25, 0.3) is 0 Å². The van der Waals surface area contributed by atoms with E-state index in [4.69, 9.17) is 20.8 Å². The Morgan fingerprint density at radius 2 is 2.06 bits per heavy atom. The number of aliphatic hydroxyl groups excluding tert-OH is 1. The normalized spacial score (nSPS) is 20.1. The third-order valence-corrected chi connectivity index (χ3v) is 6.22. The van der Waals surface area contributed by atoms with Gasteiger partial charge in [-0.1, -0.05) is 61.0 Å². The molecule has 0 saturated carbocycles. The molecule has 1 aromatic heterocycles. The van der Waals surface area contributed by atoms with Gasteiger partial charge in [0.15, 0.2) is 0 Å². The molecule has 0 saturated heterocycles. The van der Waals surface area contributed by atoms with E-state index in [9.17, 15) is 9.90 Å². The van der Waals surface area contributed by atoms with Gasteiger partial charge in [-0.2, -0.15) is 0 Å². The summed E-state index contributed by atoms with van der Waals surface area (Å²) in [6.07, 6.45) is 6.77. The Balaban J connectivity index is 1.74. The fraction of sp³-hybridized carbons (Fsp3) is 0.240. The standard InChI is InChI=1S/C25H23ClN2O4/c1-16-6-3-4-7-19(16)20-8-5-11-25(17(20)2,24-28-27-23(14-30)32-24)15-31-22-10-9-18(13-29)12-21(22)26/h3-13,17,30H,14-15H2,1-2H3. The van der Waals surface area contributed by atoms with Crippen molar-refractivity contribution in [3.8, 4) is 5.75 Å². The number of halogens is 1. The van der Waals surface area contributed by atoms with Crippen LogP contribution in [0.15, 0.2) is 65.1 Å². The Hall–Kier alpha value is -3.22. The average Bonchev–Trinajstić information content (AvgIpc) is 3.30. The number of hydrogen-bond donors (Lipinski definition) is 1. The first-order chi connectivity index (χ1) is 15.5. The molecule has 0 amide bonds. The molecular formula is C25H23ClN2O4. The zero-order valence-corrected chi connectivity index (χ0v) is 18.5. The molecule has 0 radical (unpaired) electrons. The Morgan fingerprint density at radius 1 is 1.25 bits per heavy atom. The Morgan fingerprint density at radius 3 is 2.75 bits per heavy atom. The quantitative estimate of drug-likeness (QED) is 0.513. The van der Waals surface area contributed by atoms with Crippen molar-refractivity contribution in [3.63, 3.8) is 0 Å². The van der Waals surface area contributed by atoms with E-state index >= 15 is 0 Å². The summed E-state index contributed by atoms with van der Waals surface area (Å²) < 4.78 is 12.0. The van der Waals surface area contributed by atoms with Gasteiger partial charge in [0.1, 0.15) is 30.7 Å². The molecule has 1 aliphatic rings. The number of aliphatic hydroxyl groups is 1. The van der Waals surface area contributed by atoms with Crippen molar-refractivity contribution in [3.05, 3.63) is 94.2 Å². The first-order valence-corrected chi connectivity index (χ1v) is 10.6. The second-order valence-electron chi connectivity index (χ2n) is 7.81. The number of benzene rings is 2. The molecule has 2 aromatic carbocycles. The second kappa shape index (κ2) is 9.10. The first-order valence-electron chi connectivity index (χ1n) is 10.2. The van der Waals surface area contributed by atoms with Crippen LogP contribution in [0.2, 0.25) is 5.02 Å². The maximum Gasteiger partial charge on any atom is 0.241 e. The summed E-state index contributed by atoms with van der Waals surface area (Å²) in [5.74, 6) is 0.852. The number of allylic oxidation sites excluding steroid dienone is 3. The smallest absolute Gasteiger partial charge is 0.241 e. The number of ether oxygens (including phenoxy) is 1. The summed E-state index contributed by atoms with van der Waals surface area (Å²) in [5.41, 5.74) is 3.07. The highest BCUT2D eigenvalue weighted by Crippen LogP contribution is 2.45. The monoisotopic (exact) mass is 450 g/mol. The lowest BCUT2D eigenvalue weighted by Gasteiger charge is -2.37. The predicted molar refractivity (Wildman–Crippen MR) is 122 cm³/mol. The van der Waals surface area contributed by atoms with Gasteiger partial charge in [-0.25, -0.2) is 0 Å². The Kier molecular flexibility index (Phi) is 6.26. The van der Waals surface area contributed by atoms with Gasteiger partial charge in [-0.05, 0) is 41.8 Å². The number of carbonyl (C=O) groups excluding carboxylic acids is 1. The van der Waals surface area contributed by atoms with Gasteiger partial charge >= 0.3 is 0 Å². The minimum Gasteiger partial charge on any atom is -0.491 e. The lowest BCUT2D eigenvalue weighted by molar-refractivity contribution is 0.112. The summed E-state index contributed by atoms with van der Waals surface area (Å²) in [6.45, 7) is 3.98. The number of rotatable bonds is 7. The molecule has 0 bridgehead atoms. The maximum atomic E-state index is 11.0. The van der Waals surface area contributed by atoms with Crippen molar-refractivity contribution in [2.45, 2.75) is 25.9 Å². The lowest BCUT2D eigenvalue weighted by atomic mass is 9.68. The van der Waals surface area contributed by atoms with Gasteiger partial charge in [-0.15, -0.1) is 10.2 Å². The molecule has 3 aromatic rings. The van der Waals surface area contributed by atoms with Gasteiger partial charge in [0.2, 0.25) is 11.8 Å². The number of hydrogen-bond acceptors (Lipinski definition) is 6. The highest BCUT2D eigenvalue weighted by atomic mass is 35.5. The molecule has 6 nitrogen and oxygen atoms in total. The number of aryl methyl sites for hydroxylation is 1. The minimum atomic E-state index is -0.792. The van der Waals surface area contributed by atoms with Crippen LogP contribution in [0.3, 0.4) is 0 Å². The third-order valence-electron chi connectivity index (χ3n) is 5.92. The van der Waals surface area contributed by atoms with Crippen molar-refractivity contribution in [2.75, 3.05) is 6.61 Å². The lowest BCUT2D eigenvalue weighted by Crippen LogP contribution is -2.40. The van der Waals surface area contributed by atoms with Crippen LogP contribution in [-0.2, 0) is 12.0 Å². The number of nitrogens with zero attached hydrogens (tertiary/aromatic N) is 2. The SMILES string of the molecule is Cc1ccccc1C1=CC=CC(COc2ccc(C=O)cc2Cl)(c2nnc(CO)o2)C1C. The molecule has 164 valence electrons. The van der Waals surface area contributed by atoms with E-state index in [0.29, 0.717) is 22.2 Å². The van der Waals surface area contributed by atoms with Gasteiger partial charge in [0, 0.05) is 11.5 Å². The molecule has 2 atom stereocenters. The van der Waals surface area contributed by atoms with E-state index in [2.05, 4.69) is 42.3 Å². The first kappa shape index (κ1) is 22.0. The van der Waals surface area contributed by atoms with E-state index in [1.165, 1.54) is 0 Å². The fourth-order valence-electron chi connectivity index (χ4n) is 4.01. The highest BCUT2D eigenvalue weighted by Gasteiger charge is 2.45. The topological polar surface area (TPSA) is 85.5 Å². The van der Waals surface area contributed by atoms with Gasteiger partial charge in [-0.3, -0.25) is 4.79 Å². The van der Waals surface area contributed by atoms with Gasteiger partial charge < -0.3 is 14.3 Å². The molecular weight excluding hydrogens is 428 g/mol. The number of aldehydes is 1. The number of aromatic nitrogens is 2. The van der Waals surface area contributed by atoms with E-state index in [1.807, 2.05) is 24.3 Å². The van der Waals surface area contributed by atoms with Crippen molar-refractivity contribution >= 4 is 23.5 Å². The summed E-state index contributed by atoms with van der Waals surface area (Å²) in [6, 6.07) is 13.1. The zero-order valence-electron chi connectivity index (χ0n) is 17.8. The van der Waals surface area contributed by atoms with Crippen molar-refractivity contribution in [1.82, 2.24) is 10.2 Å². The third kappa shape index (κ3) is 3.99. The fourth-order valence-corrected chi connectivity index (χ4v) is 4.25. The predicted octanol–water partition coefficient (Wildman–Crippen LogP) is 4.94. The van der Waals surface area contributed by atoms with Gasteiger partial charge in [0.05, 0.1) is 5.02 Å². The van der Waals surface area contributed by atoms with Crippen molar-refractivity contribution < 1.29 is 19.1 Å². The maximum absolute atomic E-state index is 11.0. The van der Waals surface area contributed by atoms with Crippen LogP contribution < -0.4 is 4.74 Å². The molecule has 1 heterocycles. The van der Waals surface area contributed by atoms with E-state index in [-0.39, 0.29) is 25.0 Å². The van der Waals surface area contributed by atoms with E-state index in [1.54, 1.807) is 18.2 Å². The molecule has 32 heavy (non-hydrogen) atoms. The van der Waals surface area contributed by atoms with Crippen LogP contribution in [-0.4, -0.2) is 28.2 Å². The van der Waals surface area contributed by atoms with E-state index < -0.39 is 5.41 Å². The molecule has 0 fully saturated rings.